The van der Waals surface area contributed by atoms with Crippen LogP contribution in [0.1, 0.15) is 59.8 Å². The summed E-state index contributed by atoms with van der Waals surface area (Å²) in [5, 5.41) is 0. The molecule has 2 saturated carbocycles. The second-order valence-electron chi connectivity index (χ2n) is 7.79. The lowest BCUT2D eigenvalue weighted by Gasteiger charge is -2.58. The fourth-order valence-electron chi connectivity index (χ4n) is 5.35. The van der Waals surface area contributed by atoms with Crippen LogP contribution in [0.25, 0.3) is 0 Å². The number of esters is 1. The molecule has 1 aliphatic heterocycles. The van der Waals surface area contributed by atoms with Crippen molar-refractivity contribution in [2.75, 3.05) is 0 Å². The molecule has 3 rings (SSSR count). The zero-order valence-corrected chi connectivity index (χ0v) is 12.4. The first-order valence-electron chi connectivity index (χ1n) is 7.45. The monoisotopic (exact) mass is 264 g/mol. The normalized spacial score (nSPS) is 48.4. The molecule has 2 aliphatic carbocycles. The number of carbonyl (C=O) groups excluding carboxylic acids is 2. The SMILES string of the molecule is CC12CCC3C(C)(C)C(=O)CCC3(C)C1CC(=O)O2. The van der Waals surface area contributed by atoms with Crippen molar-refractivity contribution in [2.24, 2.45) is 22.7 Å². The molecular weight excluding hydrogens is 240 g/mol. The van der Waals surface area contributed by atoms with Gasteiger partial charge < -0.3 is 4.74 Å². The van der Waals surface area contributed by atoms with E-state index in [1.807, 2.05) is 0 Å². The maximum absolute atomic E-state index is 12.3. The fourth-order valence-corrected chi connectivity index (χ4v) is 5.35. The molecule has 0 spiro atoms. The summed E-state index contributed by atoms with van der Waals surface area (Å²) >= 11 is 0. The molecule has 106 valence electrons. The summed E-state index contributed by atoms with van der Waals surface area (Å²) in [6.45, 7) is 8.57. The van der Waals surface area contributed by atoms with E-state index in [1.54, 1.807) is 0 Å². The highest BCUT2D eigenvalue weighted by molar-refractivity contribution is 5.85. The Morgan fingerprint density at radius 3 is 2.42 bits per heavy atom. The van der Waals surface area contributed by atoms with Crippen LogP contribution in [0.4, 0.5) is 0 Å². The van der Waals surface area contributed by atoms with Gasteiger partial charge in [0.15, 0.2) is 0 Å². The van der Waals surface area contributed by atoms with Crippen LogP contribution in [0.15, 0.2) is 0 Å². The lowest BCUT2D eigenvalue weighted by molar-refractivity contribution is -0.171. The van der Waals surface area contributed by atoms with E-state index in [1.165, 1.54) is 0 Å². The Hall–Kier alpha value is -0.860. The molecule has 0 aromatic rings. The molecule has 19 heavy (non-hydrogen) atoms. The maximum atomic E-state index is 12.3. The minimum Gasteiger partial charge on any atom is -0.459 e. The van der Waals surface area contributed by atoms with E-state index >= 15 is 0 Å². The van der Waals surface area contributed by atoms with Crippen LogP contribution in [-0.2, 0) is 14.3 Å². The van der Waals surface area contributed by atoms with Gasteiger partial charge in [-0.25, -0.2) is 0 Å². The highest BCUT2D eigenvalue weighted by Gasteiger charge is 2.64. The van der Waals surface area contributed by atoms with E-state index in [-0.39, 0.29) is 28.3 Å². The van der Waals surface area contributed by atoms with E-state index in [4.69, 9.17) is 4.74 Å². The number of fused-ring (bicyclic) bond motifs is 3. The Morgan fingerprint density at radius 1 is 1.05 bits per heavy atom. The summed E-state index contributed by atoms with van der Waals surface area (Å²) in [4.78, 5) is 24.0. The maximum Gasteiger partial charge on any atom is 0.306 e. The Kier molecular flexibility index (Phi) is 2.50. The molecule has 3 aliphatic rings. The van der Waals surface area contributed by atoms with Gasteiger partial charge in [0.25, 0.3) is 0 Å². The topological polar surface area (TPSA) is 43.4 Å². The molecule has 0 amide bonds. The second kappa shape index (κ2) is 3.62. The predicted octanol–water partition coefficient (Wildman–Crippen LogP) is 3.11. The van der Waals surface area contributed by atoms with E-state index in [2.05, 4.69) is 27.7 Å². The summed E-state index contributed by atoms with van der Waals surface area (Å²) in [7, 11) is 0. The smallest absolute Gasteiger partial charge is 0.306 e. The van der Waals surface area contributed by atoms with Crippen LogP contribution in [0.2, 0.25) is 0 Å². The number of carbonyl (C=O) groups is 2. The van der Waals surface area contributed by atoms with Crippen molar-refractivity contribution in [1.29, 1.82) is 0 Å². The van der Waals surface area contributed by atoms with Gasteiger partial charge in [0.05, 0.1) is 6.42 Å². The number of hydrogen-bond acceptors (Lipinski definition) is 3. The summed E-state index contributed by atoms with van der Waals surface area (Å²) in [6.07, 6.45) is 4.00. The van der Waals surface area contributed by atoms with E-state index < -0.39 is 0 Å². The second-order valence-corrected chi connectivity index (χ2v) is 7.79. The van der Waals surface area contributed by atoms with Crippen LogP contribution in [0.5, 0.6) is 0 Å². The number of ketones is 1. The molecule has 1 saturated heterocycles. The molecule has 3 nitrogen and oxygen atoms in total. The Bertz CT molecular complexity index is 449. The molecule has 3 heteroatoms. The van der Waals surface area contributed by atoms with E-state index in [0.29, 0.717) is 24.5 Å². The number of rotatable bonds is 0. The van der Waals surface area contributed by atoms with Gasteiger partial charge in [0, 0.05) is 17.8 Å². The van der Waals surface area contributed by atoms with Gasteiger partial charge in [-0.15, -0.1) is 0 Å². The molecule has 0 N–H and O–H groups in total. The van der Waals surface area contributed by atoms with E-state index in [9.17, 15) is 9.59 Å². The van der Waals surface area contributed by atoms with Crippen molar-refractivity contribution >= 4 is 11.8 Å². The molecule has 4 unspecified atom stereocenters. The zero-order chi connectivity index (χ0) is 14.1. The third-order valence-corrected chi connectivity index (χ3v) is 6.46. The summed E-state index contributed by atoms with van der Waals surface area (Å²) in [6, 6.07) is 0. The first kappa shape index (κ1) is 13.1. The molecular formula is C16H24O3. The van der Waals surface area contributed by atoms with Crippen LogP contribution in [0, 0.1) is 22.7 Å². The zero-order valence-electron chi connectivity index (χ0n) is 12.4. The van der Waals surface area contributed by atoms with Gasteiger partial charge in [-0.3, -0.25) is 9.59 Å². The Balaban J connectivity index is 2.03. The van der Waals surface area contributed by atoms with Gasteiger partial charge in [0.2, 0.25) is 0 Å². The summed E-state index contributed by atoms with van der Waals surface area (Å²) in [5.41, 5.74) is -0.477. The molecule has 0 radical (unpaired) electrons. The summed E-state index contributed by atoms with van der Waals surface area (Å²) < 4.78 is 5.64. The van der Waals surface area contributed by atoms with Gasteiger partial charge >= 0.3 is 5.97 Å². The van der Waals surface area contributed by atoms with Crippen LogP contribution < -0.4 is 0 Å². The lowest BCUT2D eigenvalue weighted by atomic mass is 9.45. The quantitative estimate of drug-likeness (QED) is 0.631. The highest BCUT2D eigenvalue weighted by Crippen LogP contribution is 2.64. The molecule has 0 aromatic heterocycles. The van der Waals surface area contributed by atoms with Crippen molar-refractivity contribution in [1.82, 2.24) is 0 Å². The molecule has 0 aromatic carbocycles. The highest BCUT2D eigenvalue weighted by atomic mass is 16.6. The van der Waals surface area contributed by atoms with Crippen LogP contribution in [-0.4, -0.2) is 17.4 Å². The first-order chi connectivity index (χ1) is 8.70. The molecule has 4 atom stereocenters. The molecule has 1 heterocycles. The average Bonchev–Trinajstić information content (AvgIpc) is 2.61. The van der Waals surface area contributed by atoms with Gasteiger partial charge in [-0.05, 0) is 37.5 Å². The standard InChI is InChI=1S/C16H24O3/c1-14(2)10-5-8-16(4)11(9-13(18)19-16)15(10,3)7-6-12(14)17/h10-11H,5-9H2,1-4H3. The predicted molar refractivity (Wildman–Crippen MR) is 71.5 cm³/mol. The van der Waals surface area contributed by atoms with Crippen molar-refractivity contribution in [2.45, 2.75) is 65.4 Å². The third kappa shape index (κ3) is 1.56. The number of hydrogen-bond donors (Lipinski definition) is 0. The molecule has 3 fully saturated rings. The lowest BCUT2D eigenvalue weighted by Crippen LogP contribution is -2.58. The van der Waals surface area contributed by atoms with Crippen molar-refractivity contribution in [3.63, 3.8) is 0 Å². The van der Waals surface area contributed by atoms with Crippen LogP contribution in [0.3, 0.4) is 0 Å². The first-order valence-corrected chi connectivity index (χ1v) is 7.45. The van der Waals surface area contributed by atoms with Crippen molar-refractivity contribution < 1.29 is 14.3 Å². The Morgan fingerprint density at radius 2 is 1.74 bits per heavy atom. The van der Waals surface area contributed by atoms with Gasteiger partial charge in [-0.2, -0.15) is 0 Å². The van der Waals surface area contributed by atoms with Crippen LogP contribution >= 0.6 is 0 Å². The van der Waals surface area contributed by atoms with Crippen molar-refractivity contribution in [3.8, 4) is 0 Å². The number of Topliss-reactive ketones (excluding diaryl/α,β-unsaturated/α-hetero) is 1. The van der Waals surface area contributed by atoms with Gasteiger partial charge in [-0.1, -0.05) is 20.8 Å². The largest absolute Gasteiger partial charge is 0.459 e. The van der Waals surface area contributed by atoms with Gasteiger partial charge in [0.1, 0.15) is 11.4 Å². The average molecular weight is 264 g/mol. The third-order valence-electron chi connectivity index (χ3n) is 6.46. The minimum absolute atomic E-state index is 0.0518. The number of ether oxygens (including phenoxy) is 1. The fraction of sp³-hybridized carbons (Fsp3) is 0.875. The van der Waals surface area contributed by atoms with Crippen molar-refractivity contribution in [3.05, 3.63) is 0 Å². The van der Waals surface area contributed by atoms with E-state index in [0.717, 1.165) is 19.3 Å². The minimum atomic E-state index is -0.293. The summed E-state index contributed by atoms with van der Waals surface area (Å²) in [5.74, 6) is 1.00. The Labute approximate surface area is 115 Å². The molecule has 0 bridgehead atoms.